The molecule has 0 saturated heterocycles. The highest BCUT2D eigenvalue weighted by molar-refractivity contribution is 7.07. The number of esters is 1. The van der Waals surface area contributed by atoms with Gasteiger partial charge in [0.15, 0.2) is 10.7 Å². The second kappa shape index (κ2) is 9.95. The Balaban J connectivity index is 1.87. The molecule has 0 bridgehead atoms. The van der Waals surface area contributed by atoms with Crippen LogP contribution in [0.15, 0.2) is 61.9 Å². The molecule has 0 spiro atoms. The highest BCUT2D eigenvalue weighted by atomic mass is 32.1. The largest absolute Gasteiger partial charge is 0.491 e. The number of fused-ring (bicyclic) bond motifs is 1. The fourth-order valence-electron chi connectivity index (χ4n) is 3.90. The van der Waals surface area contributed by atoms with Gasteiger partial charge < -0.3 is 18.8 Å². The lowest BCUT2D eigenvalue weighted by Gasteiger charge is -2.25. The van der Waals surface area contributed by atoms with Crippen molar-refractivity contribution in [1.29, 1.82) is 0 Å². The quantitative estimate of drug-likeness (QED) is 0.468. The fourth-order valence-corrected chi connectivity index (χ4v) is 4.92. The predicted octanol–water partition coefficient (Wildman–Crippen LogP) is 3.24. The van der Waals surface area contributed by atoms with E-state index in [0.717, 1.165) is 5.56 Å². The molecule has 1 aliphatic rings. The summed E-state index contributed by atoms with van der Waals surface area (Å²) in [6.07, 6.45) is 1.74. The van der Waals surface area contributed by atoms with E-state index >= 15 is 0 Å². The fraction of sp³-hybridized carbons (Fsp3) is 0.346. The Kier molecular flexibility index (Phi) is 6.98. The Morgan fingerprint density at radius 1 is 1.23 bits per heavy atom. The molecule has 9 heteroatoms. The number of anilines is 1. The molecule has 1 atom stereocenters. The van der Waals surface area contributed by atoms with Gasteiger partial charge in [-0.2, -0.15) is 0 Å². The third-order valence-electron chi connectivity index (χ3n) is 5.41. The summed E-state index contributed by atoms with van der Waals surface area (Å²) in [5, 5.41) is 0. The maximum atomic E-state index is 13.6. The van der Waals surface area contributed by atoms with Crippen LogP contribution in [0.25, 0.3) is 6.08 Å². The van der Waals surface area contributed by atoms with Gasteiger partial charge >= 0.3 is 5.97 Å². The van der Waals surface area contributed by atoms with Crippen LogP contribution in [-0.2, 0) is 9.53 Å². The zero-order valence-corrected chi connectivity index (χ0v) is 21.5. The highest BCUT2D eigenvalue weighted by Gasteiger charge is 2.33. The number of benzene rings is 1. The second-order valence-electron chi connectivity index (χ2n) is 8.61. The third-order valence-corrected chi connectivity index (χ3v) is 6.39. The molecule has 35 heavy (non-hydrogen) atoms. The van der Waals surface area contributed by atoms with Crippen LogP contribution < -0.4 is 24.5 Å². The molecular formula is C26H29N3O5S. The van der Waals surface area contributed by atoms with Crippen molar-refractivity contribution in [3.63, 3.8) is 0 Å². The first kappa shape index (κ1) is 24.5. The monoisotopic (exact) mass is 495 g/mol. The number of hydrogen-bond acceptors (Lipinski definition) is 8. The lowest BCUT2D eigenvalue weighted by molar-refractivity contribution is -0.139. The third kappa shape index (κ3) is 4.95. The summed E-state index contributed by atoms with van der Waals surface area (Å²) in [6, 6.07) is 10.4. The molecule has 1 unspecified atom stereocenters. The first-order valence-corrected chi connectivity index (χ1v) is 12.2. The van der Waals surface area contributed by atoms with Crippen LogP contribution in [0.5, 0.6) is 5.75 Å². The summed E-state index contributed by atoms with van der Waals surface area (Å²) >= 11 is 1.26. The Morgan fingerprint density at radius 2 is 1.94 bits per heavy atom. The molecule has 3 heterocycles. The summed E-state index contributed by atoms with van der Waals surface area (Å²) < 4.78 is 18.9. The van der Waals surface area contributed by atoms with E-state index in [-0.39, 0.29) is 18.3 Å². The Morgan fingerprint density at radius 3 is 2.54 bits per heavy atom. The molecular weight excluding hydrogens is 466 g/mol. The van der Waals surface area contributed by atoms with Gasteiger partial charge in [0.25, 0.3) is 5.56 Å². The molecule has 4 rings (SSSR count). The first-order chi connectivity index (χ1) is 16.7. The molecule has 3 aromatic rings. The number of aromatic nitrogens is 1. The van der Waals surface area contributed by atoms with E-state index in [1.54, 1.807) is 24.5 Å². The molecule has 0 N–H and O–H groups in total. The number of carbonyl (C=O) groups is 1. The van der Waals surface area contributed by atoms with Crippen LogP contribution in [0, 0.1) is 0 Å². The van der Waals surface area contributed by atoms with Gasteiger partial charge in [-0.15, -0.1) is 0 Å². The zero-order valence-electron chi connectivity index (χ0n) is 20.7. The van der Waals surface area contributed by atoms with Crippen molar-refractivity contribution in [2.45, 2.75) is 39.8 Å². The van der Waals surface area contributed by atoms with Gasteiger partial charge in [0.2, 0.25) is 0 Å². The smallest absolute Gasteiger partial charge is 0.338 e. The Bertz CT molecular complexity index is 1440. The van der Waals surface area contributed by atoms with E-state index in [9.17, 15) is 9.59 Å². The minimum atomic E-state index is -0.672. The maximum absolute atomic E-state index is 13.6. The summed E-state index contributed by atoms with van der Waals surface area (Å²) in [5.74, 6) is 1.47. The number of hydrogen-bond donors (Lipinski definition) is 0. The summed E-state index contributed by atoms with van der Waals surface area (Å²) in [6.45, 7) is 7.65. The van der Waals surface area contributed by atoms with Crippen molar-refractivity contribution in [3.8, 4) is 5.75 Å². The SMILES string of the molecule is CCOC(=O)C1=C(C)N=c2s/c(=C\c3ccc(N(C)C)o3)c(=O)n2C1c1ccc(OC(C)C)cc1. The minimum absolute atomic E-state index is 0.0327. The van der Waals surface area contributed by atoms with Crippen LogP contribution >= 0.6 is 11.3 Å². The van der Waals surface area contributed by atoms with E-state index in [1.165, 1.54) is 11.3 Å². The molecule has 0 radical (unpaired) electrons. The average molecular weight is 496 g/mol. The summed E-state index contributed by atoms with van der Waals surface area (Å²) in [7, 11) is 3.77. The van der Waals surface area contributed by atoms with E-state index in [2.05, 4.69) is 4.99 Å². The van der Waals surface area contributed by atoms with Gasteiger partial charge in [-0.1, -0.05) is 23.5 Å². The van der Waals surface area contributed by atoms with Crippen molar-refractivity contribution in [1.82, 2.24) is 4.57 Å². The number of carbonyl (C=O) groups excluding carboxylic acids is 1. The number of nitrogens with zero attached hydrogens (tertiary/aromatic N) is 3. The minimum Gasteiger partial charge on any atom is -0.491 e. The van der Waals surface area contributed by atoms with Crippen molar-refractivity contribution in [2.75, 3.05) is 25.6 Å². The zero-order chi connectivity index (χ0) is 25.3. The van der Waals surface area contributed by atoms with Crippen LogP contribution in [0.2, 0.25) is 0 Å². The molecule has 0 amide bonds. The molecule has 0 saturated carbocycles. The Hall–Kier alpha value is -3.59. The summed E-state index contributed by atoms with van der Waals surface area (Å²) in [4.78, 5) is 33.6. The molecule has 2 aromatic heterocycles. The van der Waals surface area contributed by atoms with Crippen molar-refractivity contribution in [2.24, 2.45) is 4.99 Å². The number of thiazole rings is 1. The number of allylic oxidation sites excluding steroid dienone is 1. The van der Waals surface area contributed by atoms with Crippen molar-refractivity contribution >= 4 is 29.3 Å². The average Bonchev–Trinajstić information content (AvgIpc) is 3.38. The molecule has 0 fully saturated rings. The van der Waals surface area contributed by atoms with E-state index in [4.69, 9.17) is 13.9 Å². The van der Waals surface area contributed by atoms with Gasteiger partial charge in [0.1, 0.15) is 11.5 Å². The topological polar surface area (TPSA) is 86.3 Å². The van der Waals surface area contributed by atoms with Crippen LogP contribution in [0.4, 0.5) is 5.88 Å². The molecule has 1 aromatic carbocycles. The summed E-state index contributed by atoms with van der Waals surface area (Å²) in [5.41, 5.74) is 1.38. The number of rotatable bonds is 7. The lowest BCUT2D eigenvalue weighted by atomic mass is 9.96. The van der Waals surface area contributed by atoms with E-state index < -0.39 is 12.0 Å². The number of furan rings is 1. The molecule has 8 nitrogen and oxygen atoms in total. The molecule has 1 aliphatic heterocycles. The normalized spacial score (nSPS) is 15.7. The van der Waals surface area contributed by atoms with Crippen LogP contribution in [0.1, 0.15) is 45.1 Å². The van der Waals surface area contributed by atoms with E-state index in [1.807, 2.05) is 69.2 Å². The molecule has 184 valence electrons. The predicted molar refractivity (Wildman–Crippen MR) is 136 cm³/mol. The van der Waals surface area contributed by atoms with E-state index in [0.29, 0.717) is 38.0 Å². The van der Waals surface area contributed by atoms with Gasteiger partial charge in [-0.05, 0) is 51.5 Å². The highest BCUT2D eigenvalue weighted by Crippen LogP contribution is 2.31. The second-order valence-corrected chi connectivity index (χ2v) is 9.62. The van der Waals surface area contributed by atoms with Gasteiger partial charge in [0, 0.05) is 26.2 Å². The standard InChI is InChI=1S/C26H29N3O5S/c1-7-32-25(31)22-16(4)27-26-29(23(22)17-8-10-18(11-9-17)33-15(2)3)24(30)20(35-26)14-19-12-13-21(34-19)28(5)6/h8-15,23H,7H2,1-6H3/b20-14-. The van der Waals surface area contributed by atoms with Crippen LogP contribution in [-0.4, -0.2) is 37.3 Å². The van der Waals surface area contributed by atoms with Gasteiger partial charge in [-0.3, -0.25) is 9.36 Å². The first-order valence-electron chi connectivity index (χ1n) is 11.4. The number of ether oxygens (including phenoxy) is 2. The lowest BCUT2D eigenvalue weighted by Crippen LogP contribution is -2.39. The van der Waals surface area contributed by atoms with Crippen molar-refractivity contribution < 1.29 is 18.7 Å². The Labute approximate surface area is 207 Å². The molecule has 0 aliphatic carbocycles. The van der Waals surface area contributed by atoms with Crippen LogP contribution in [0.3, 0.4) is 0 Å². The van der Waals surface area contributed by atoms with Gasteiger partial charge in [-0.25, -0.2) is 9.79 Å². The van der Waals surface area contributed by atoms with Gasteiger partial charge in [0.05, 0.1) is 34.6 Å². The van der Waals surface area contributed by atoms with Crippen molar-refractivity contribution in [3.05, 3.63) is 78.7 Å². The maximum Gasteiger partial charge on any atom is 0.338 e.